The topological polar surface area (TPSA) is 138 Å². The number of allylic oxidation sites excluding steroid dienone is 2. The van der Waals surface area contributed by atoms with E-state index in [-0.39, 0.29) is 0 Å². The Morgan fingerprint density at radius 2 is 1.79 bits per heavy atom. The van der Waals surface area contributed by atoms with Crippen LogP contribution < -0.4 is 5.32 Å². The maximum atomic E-state index is 12.2. The van der Waals surface area contributed by atoms with E-state index >= 15 is 0 Å². The first-order valence-corrected chi connectivity index (χ1v) is 9.69. The molecule has 5 N–H and O–H groups in total. The summed E-state index contributed by atoms with van der Waals surface area (Å²) in [6.45, 7) is 9.99. The van der Waals surface area contributed by atoms with E-state index in [1.165, 1.54) is 0 Å². The molecule has 1 amide bonds. The third-order valence-corrected chi connectivity index (χ3v) is 4.35. The number of hydrogen-bond acceptors (Lipinski definition) is 8. The van der Waals surface area contributed by atoms with Crippen molar-refractivity contribution >= 4 is 6.09 Å². The zero-order valence-electron chi connectivity index (χ0n) is 17.9. The van der Waals surface area contributed by atoms with Crippen molar-refractivity contribution < 1.29 is 39.4 Å². The van der Waals surface area contributed by atoms with Crippen LogP contribution in [0.25, 0.3) is 0 Å². The molecule has 1 rings (SSSR count). The molecule has 1 fully saturated rings. The first kappa shape index (κ1) is 25.5. The van der Waals surface area contributed by atoms with Crippen molar-refractivity contribution in [3.05, 3.63) is 23.8 Å². The van der Waals surface area contributed by atoms with Gasteiger partial charge < -0.3 is 40.0 Å². The second kappa shape index (κ2) is 11.1. The molecule has 1 heterocycles. The van der Waals surface area contributed by atoms with Crippen molar-refractivity contribution in [3.63, 3.8) is 0 Å². The van der Waals surface area contributed by atoms with Crippen LogP contribution in [0.15, 0.2) is 23.8 Å². The Bertz CT molecular complexity index is 584. The summed E-state index contributed by atoms with van der Waals surface area (Å²) < 4.78 is 16.6. The summed E-state index contributed by atoms with van der Waals surface area (Å²) in [5.74, 6) is 0. The Morgan fingerprint density at radius 1 is 1.17 bits per heavy atom. The van der Waals surface area contributed by atoms with Crippen LogP contribution in [-0.2, 0) is 14.2 Å². The maximum absolute atomic E-state index is 12.2. The minimum atomic E-state index is -1.56. The Hall–Kier alpha value is -1.49. The molecule has 7 unspecified atom stereocenters. The first-order chi connectivity index (χ1) is 13.4. The molecule has 0 bridgehead atoms. The molecule has 0 aliphatic carbocycles. The fraction of sp³-hybridized carbons (Fsp3) is 0.750. The van der Waals surface area contributed by atoms with Gasteiger partial charge in [0.2, 0.25) is 0 Å². The summed E-state index contributed by atoms with van der Waals surface area (Å²) in [4.78, 5) is 12.2. The lowest BCUT2D eigenvalue weighted by atomic mass is 9.98. The highest BCUT2D eigenvalue weighted by molar-refractivity contribution is 5.68. The third kappa shape index (κ3) is 7.36. The van der Waals surface area contributed by atoms with Crippen LogP contribution in [0, 0.1) is 0 Å². The molecule has 9 heteroatoms. The molecule has 0 aromatic heterocycles. The summed E-state index contributed by atoms with van der Waals surface area (Å²) in [5.41, 5.74) is 0.0116. The van der Waals surface area contributed by atoms with Crippen LogP contribution >= 0.6 is 0 Å². The Balaban J connectivity index is 3.05. The standard InChI is InChI=1S/C20H35NO8/c1-7-9-12(8-2)17(11(3)21-19(26)29-20(4,5)6)28-18-16(25)15(24)14(23)13(10-22)27-18/h7-9,11,13-18,22-25H,10H2,1-6H3,(H,21,26)/b9-7-,12-8+. The Morgan fingerprint density at radius 3 is 2.28 bits per heavy atom. The number of hydrogen-bond donors (Lipinski definition) is 5. The van der Waals surface area contributed by atoms with Crippen LogP contribution in [0.2, 0.25) is 0 Å². The highest BCUT2D eigenvalue weighted by Gasteiger charge is 2.45. The van der Waals surface area contributed by atoms with Gasteiger partial charge in [-0.25, -0.2) is 4.79 Å². The van der Waals surface area contributed by atoms with E-state index in [4.69, 9.17) is 14.2 Å². The predicted molar refractivity (Wildman–Crippen MR) is 106 cm³/mol. The highest BCUT2D eigenvalue weighted by atomic mass is 16.7. The molecule has 7 atom stereocenters. The molecule has 9 nitrogen and oxygen atoms in total. The lowest BCUT2D eigenvalue weighted by molar-refractivity contribution is -0.309. The molecule has 1 saturated heterocycles. The minimum absolute atomic E-state index is 0.563. The van der Waals surface area contributed by atoms with Gasteiger partial charge in [-0.2, -0.15) is 0 Å². The second-order valence-corrected chi connectivity index (χ2v) is 7.98. The average molecular weight is 417 g/mol. The second-order valence-electron chi connectivity index (χ2n) is 7.98. The van der Waals surface area contributed by atoms with E-state index in [2.05, 4.69) is 5.32 Å². The number of aliphatic hydroxyl groups excluding tert-OH is 4. The van der Waals surface area contributed by atoms with Crippen molar-refractivity contribution in [1.29, 1.82) is 0 Å². The van der Waals surface area contributed by atoms with Crippen molar-refractivity contribution in [3.8, 4) is 0 Å². The minimum Gasteiger partial charge on any atom is -0.444 e. The Labute approximate surface area is 172 Å². The van der Waals surface area contributed by atoms with Crippen LogP contribution in [0.1, 0.15) is 41.5 Å². The quantitative estimate of drug-likeness (QED) is 0.380. The first-order valence-electron chi connectivity index (χ1n) is 9.69. The van der Waals surface area contributed by atoms with Crippen molar-refractivity contribution in [2.24, 2.45) is 0 Å². The molecule has 168 valence electrons. The van der Waals surface area contributed by atoms with Gasteiger partial charge in [-0.05, 0) is 47.1 Å². The van der Waals surface area contributed by atoms with E-state index in [0.29, 0.717) is 5.57 Å². The molecule has 0 radical (unpaired) electrons. The zero-order chi connectivity index (χ0) is 22.4. The van der Waals surface area contributed by atoms with E-state index in [0.717, 1.165) is 0 Å². The van der Waals surface area contributed by atoms with E-state index in [9.17, 15) is 25.2 Å². The summed E-state index contributed by atoms with van der Waals surface area (Å²) in [6, 6.07) is -0.598. The van der Waals surface area contributed by atoms with E-state index in [1.807, 2.05) is 6.92 Å². The summed E-state index contributed by atoms with van der Waals surface area (Å²) in [5, 5.41) is 42.3. The van der Waals surface area contributed by atoms with Gasteiger partial charge in [-0.3, -0.25) is 0 Å². The lowest BCUT2D eigenvalue weighted by Gasteiger charge is -2.41. The number of amides is 1. The number of ether oxygens (including phenoxy) is 3. The Kier molecular flexibility index (Phi) is 9.74. The van der Waals surface area contributed by atoms with Crippen LogP contribution in [-0.4, -0.2) is 81.6 Å². The van der Waals surface area contributed by atoms with Crippen LogP contribution in [0.3, 0.4) is 0 Å². The van der Waals surface area contributed by atoms with Gasteiger partial charge >= 0.3 is 6.09 Å². The number of carbonyl (C=O) groups excluding carboxylic acids is 1. The van der Waals surface area contributed by atoms with Gasteiger partial charge in [0.25, 0.3) is 0 Å². The molecular formula is C20H35NO8. The van der Waals surface area contributed by atoms with Gasteiger partial charge in [0.1, 0.15) is 36.1 Å². The third-order valence-electron chi connectivity index (χ3n) is 4.35. The fourth-order valence-corrected chi connectivity index (χ4v) is 2.93. The van der Waals surface area contributed by atoms with Crippen LogP contribution in [0.4, 0.5) is 4.79 Å². The summed E-state index contributed by atoms with van der Waals surface area (Å²) in [6.07, 6.45) is -3.08. The molecule has 1 aliphatic rings. The van der Waals surface area contributed by atoms with E-state index in [1.54, 1.807) is 52.8 Å². The molecule has 29 heavy (non-hydrogen) atoms. The monoisotopic (exact) mass is 417 g/mol. The predicted octanol–water partition coefficient (Wildman–Crippen LogP) is 0.607. The molecule has 1 aliphatic heterocycles. The number of alkyl carbamates (subject to hydrolysis) is 1. The fourth-order valence-electron chi connectivity index (χ4n) is 2.93. The zero-order valence-corrected chi connectivity index (χ0v) is 17.9. The SMILES string of the molecule is C/C=C\C(=C/C)C(OC1OC(CO)C(O)C(O)C1O)C(C)NC(=O)OC(C)(C)C. The van der Waals surface area contributed by atoms with Crippen molar-refractivity contribution in [1.82, 2.24) is 5.32 Å². The lowest BCUT2D eigenvalue weighted by Crippen LogP contribution is -2.60. The maximum Gasteiger partial charge on any atom is 0.407 e. The van der Waals surface area contributed by atoms with Crippen LogP contribution in [0.5, 0.6) is 0 Å². The summed E-state index contributed by atoms with van der Waals surface area (Å²) >= 11 is 0. The number of aliphatic hydroxyl groups is 4. The van der Waals surface area contributed by atoms with Gasteiger partial charge in [-0.1, -0.05) is 18.2 Å². The smallest absolute Gasteiger partial charge is 0.407 e. The number of nitrogens with one attached hydrogen (secondary N) is 1. The molecule has 0 saturated carbocycles. The van der Waals surface area contributed by atoms with Gasteiger partial charge in [0, 0.05) is 0 Å². The highest BCUT2D eigenvalue weighted by Crippen LogP contribution is 2.26. The normalized spacial score (nSPS) is 30.8. The molecule has 0 aromatic rings. The number of rotatable bonds is 7. The summed E-state index contributed by atoms with van der Waals surface area (Å²) in [7, 11) is 0. The van der Waals surface area contributed by atoms with Gasteiger partial charge in [0.05, 0.1) is 12.6 Å². The number of carbonyl (C=O) groups is 1. The van der Waals surface area contributed by atoms with Crippen molar-refractivity contribution in [2.45, 2.75) is 90.0 Å². The van der Waals surface area contributed by atoms with Crippen molar-refractivity contribution in [2.75, 3.05) is 6.61 Å². The van der Waals surface area contributed by atoms with Gasteiger partial charge in [-0.15, -0.1) is 0 Å². The average Bonchev–Trinajstić information content (AvgIpc) is 2.62. The van der Waals surface area contributed by atoms with Gasteiger partial charge in [0.15, 0.2) is 6.29 Å². The molecule has 0 aromatic carbocycles. The molecular weight excluding hydrogens is 382 g/mol. The largest absolute Gasteiger partial charge is 0.444 e. The molecule has 0 spiro atoms. The van der Waals surface area contributed by atoms with E-state index < -0.39 is 61.2 Å².